The molecule has 0 radical (unpaired) electrons. The maximum atomic E-state index is 12.5. The smallest absolute Gasteiger partial charge is 0.261 e. The van der Waals surface area contributed by atoms with Gasteiger partial charge in [-0.2, -0.15) is 0 Å². The fourth-order valence-corrected chi connectivity index (χ4v) is 2.80. The Morgan fingerprint density at radius 1 is 1.14 bits per heavy atom. The van der Waals surface area contributed by atoms with E-state index in [0.29, 0.717) is 22.4 Å². The number of hydrogen-bond donors (Lipinski definition) is 1. The van der Waals surface area contributed by atoms with Gasteiger partial charge in [-0.05, 0) is 12.1 Å². The van der Waals surface area contributed by atoms with E-state index in [1.165, 1.54) is 18.2 Å². The number of carbonyl (C=O) groups excluding carboxylic acids is 1. The second-order valence-electron chi connectivity index (χ2n) is 4.78. The van der Waals surface area contributed by atoms with Crippen molar-refractivity contribution in [2.75, 3.05) is 7.11 Å². The van der Waals surface area contributed by atoms with Gasteiger partial charge in [0.05, 0.1) is 12.7 Å². The Balaban J connectivity index is 2.32. The highest BCUT2D eigenvalue weighted by Crippen LogP contribution is 2.45. The maximum absolute atomic E-state index is 12.5. The van der Waals surface area contributed by atoms with Crippen LogP contribution in [0.25, 0.3) is 0 Å². The van der Waals surface area contributed by atoms with Crippen LogP contribution >= 0.6 is 0 Å². The molecule has 1 heterocycles. The van der Waals surface area contributed by atoms with Gasteiger partial charge in [0, 0.05) is 17.3 Å². The van der Waals surface area contributed by atoms with Gasteiger partial charge in [-0.1, -0.05) is 43.0 Å². The van der Waals surface area contributed by atoms with Gasteiger partial charge in [0.15, 0.2) is 0 Å². The largest absolute Gasteiger partial charge is 0.496 e. The summed E-state index contributed by atoms with van der Waals surface area (Å²) in [6.45, 7) is 3.66. The molecule has 0 fully saturated rings. The van der Waals surface area contributed by atoms with E-state index in [-0.39, 0.29) is 5.91 Å². The van der Waals surface area contributed by atoms with Gasteiger partial charge in [0.25, 0.3) is 5.91 Å². The van der Waals surface area contributed by atoms with Gasteiger partial charge < -0.3 is 9.84 Å². The highest BCUT2D eigenvalue weighted by atomic mass is 16.5. The van der Waals surface area contributed by atoms with Crippen molar-refractivity contribution < 1.29 is 14.6 Å². The van der Waals surface area contributed by atoms with Crippen molar-refractivity contribution in [2.24, 2.45) is 0 Å². The second kappa shape index (κ2) is 4.75. The summed E-state index contributed by atoms with van der Waals surface area (Å²) in [7, 11) is 1.53. The van der Waals surface area contributed by atoms with E-state index in [9.17, 15) is 9.90 Å². The van der Waals surface area contributed by atoms with Gasteiger partial charge in [-0.15, -0.1) is 0 Å². The lowest BCUT2D eigenvalue weighted by Crippen LogP contribution is -2.41. The molecule has 3 rings (SSSR count). The number of amides is 1. The molecule has 0 aromatic heterocycles. The molecule has 0 saturated carbocycles. The third-order valence-corrected chi connectivity index (χ3v) is 3.77. The number of para-hydroxylation sites is 1. The van der Waals surface area contributed by atoms with Crippen molar-refractivity contribution in [1.29, 1.82) is 0 Å². The summed E-state index contributed by atoms with van der Waals surface area (Å²) in [6.07, 6.45) is 1.34. The predicted octanol–water partition coefficient (Wildman–Crippen LogP) is 2.49. The van der Waals surface area contributed by atoms with Crippen LogP contribution in [0.3, 0.4) is 0 Å². The van der Waals surface area contributed by atoms with E-state index in [2.05, 4.69) is 6.58 Å². The molecule has 2 aromatic carbocycles. The topological polar surface area (TPSA) is 49.8 Å². The first-order valence-electron chi connectivity index (χ1n) is 6.56. The molecule has 1 unspecified atom stereocenters. The minimum Gasteiger partial charge on any atom is -0.496 e. The van der Waals surface area contributed by atoms with Crippen LogP contribution in [-0.4, -0.2) is 23.0 Å². The molecule has 21 heavy (non-hydrogen) atoms. The van der Waals surface area contributed by atoms with Crippen molar-refractivity contribution >= 4 is 5.91 Å². The Hall–Kier alpha value is -2.59. The van der Waals surface area contributed by atoms with Gasteiger partial charge in [0.1, 0.15) is 5.75 Å². The molecular weight excluding hydrogens is 266 g/mol. The first-order valence-corrected chi connectivity index (χ1v) is 6.56. The predicted molar refractivity (Wildman–Crippen MR) is 78.8 cm³/mol. The summed E-state index contributed by atoms with van der Waals surface area (Å²) in [6, 6.07) is 14.1. The van der Waals surface area contributed by atoms with Crippen molar-refractivity contribution in [3.63, 3.8) is 0 Å². The Bertz CT molecular complexity index is 725. The van der Waals surface area contributed by atoms with Crippen LogP contribution in [0.1, 0.15) is 21.5 Å². The van der Waals surface area contributed by atoms with Crippen LogP contribution < -0.4 is 4.74 Å². The SMILES string of the molecule is C=CN1C(=O)c2ccccc2C1(O)c1ccccc1OC. The first-order chi connectivity index (χ1) is 10.1. The molecule has 2 aromatic rings. The van der Waals surface area contributed by atoms with Crippen molar-refractivity contribution in [3.05, 3.63) is 78.0 Å². The highest BCUT2D eigenvalue weighted by Gasteiger charge is 2.50. The number of nitrogens with zero attached hydrogens (tertiary/aromatic N) is 1. The lowest BCUT2D eigenvalue weighted by Gasteiger charge is -2.33. The van der Waals surface area contributed by atoms with Crippen molar-refractivity contribution in [2.45, 2.75) is 5.72 Å². The molecule has 4 nitrogen and oxygen atoms in total. The molecule has 0 bridgehead atoms. The number of benzene rings is 2. The lowest BCUT2D eigenvalue weighted by molar-refractivity contribution is -0.0271. The number of methoxy groups -OCH3 is 1. The van der Waals surface area contributed by atoms with Gasteiger partial charge in [-0.3, -0.25) is 9.69 Å². The van der Waals surface area contributed by atoms with Crippen LogP contribution in [0.5, 0.6) is 5.75 Å². The monoisotopic (exact) mass is 281 g/mol. The highest BCUT2D eigenvalue weighted by molar-refractivity contribution is 6.01. The molecule has 1 aliphatic rings. The summed E-state index contributed by atoms with van der Waals surface area (Å²) in [5.41, 5.74) is -0.113. The third kappa shape index (κ3) is 1.69. The van der Waals surface area contributed by atoms with E-state index in [1.54, 1.807) is 42.5 Å². The third-order valence-electron chi connectivity index (χ3n) is 3.77. The Kier molecular flexibility index (Phi) is 3.03. The Morgan fingerprint density at radius 2 is 1.76 bits per heavy atom. The summed E-state index contributed by atoms with van der Waals surface area (Å²) >= 11 is 0. The zero-order chi connectivity index (χ0) is 15.0. The molecule has 1 aliphatic heterocycles. The zero-order valence-corrected chi connectivity index (χ0v) is 11.6. The fraction of sp³-hybridized carbons (Fsp3) is 0.118. The summed E-state index contributed by atoms with van der Waals surface area (Å²) in [5.74, 6) is 0.227. The van der Waals surface area contributed by atoms with Gasteiger partial charge in [0.2, 0.25) is 5.72 Å². The number of fused-ring (bicyclic) bond motifs is 1. The molecule has 0 spiro atoms. The number of hydrogen-bond acceptors (Lipinski definition) is 3. The number of rotatable bonds is 3. The maximum Gasteiger partial charge on any atom is 0.261 e. The Labute approximate surface area is 122 Å². The fourth-order valence-electron chi connectivity index (χ4n) is 2.80. The molecule has 0 saturated heterocycles. The second-order valence-corrected chi connectivity index (χ2v) is 4.78. The van der Waals surface area contributed by atoms with Crippen LogP contribution in [0.2, 0.25) is 0 Å². The van der Waals surface area contributed by atoms with E-state index in [4.69, 9.17) is 4.74 Å². The van der Waals surface area contributed by atoms with Gasteiger partial charge >= 0.3 is 0 Å². The molecule has 1 atom stereocenters. The van der Waals surface area contributed by atoms with E-state index < -0.39 is 5.72 Å². The summed E-state index contributed by atoms with van der Waals surface area (Å²) < 4.78 is 5.33. The van der Waals surface area contributed by atoms with E-state index >= 15 is 0 Å². The average Bonchev–Trinajstić information content (AvgIpc) is 2.76. The minimum atomic E-state index is -1.61. The minimum absolute atomic E-state index is 0.283. The van der Waals surface area contributed by atoms with Crippen LogP contribution in [0.4, 0.5) is 0 Å². The standard InChI is InChI=1S/C17H15NO3/c1-3-18-16(19)12-8-4-5-9-13(12)17(18,20)14-10-6-7-11-15(14)21-2/h3-11,20H,1H2,2H3. The molecule has 1 amide bonds. The molecule has 4 heteroatoms. The number of ether oxygens (including phenoxy) is 1. The average molecular weight is 281 g/mol. The number of aliphatic hydroxyl groups is 1. The Morgan fingerprint density at radius 3 is 2.43 bits per heavy atom. The molecule has 1 N–H and O–H groups in total. The summed E-state index contributed by atoms with van der Waals surface area (Å²) in [4.78, 5) is 13.7. The van der Waals surface area contributed by atoms with Crippen molar-refractivity contribution in [1.82, 2.24) is 4.90 Å². The lowest BCUT2D eigenvalue weighted by atomic mass is 9.93. The van der Waals surface area contributed by atoms with Crippen LogP contribution in [0.15, 0.2) is 61.3 Å². The van der Waals surface area contributed by atoms with Crippen LogP contribution in [-0.2, 0) is 5.72 Å². The van der Waals surface area contributed by atoms with E-state index in [0.717, 1.165) is 0 Å². The normalized spacial score (nSPS) is 20.3. The molecule has 0 aliphatic carbocycles. The molecule has 106 valence electrons. The first kappa shape index (κ1) is 13.4. The van der Waals surface area contributed by atoms with Gasteiger partial charge in [-0.25, -0.2) is 0 Å². The summed E-state index contributed by atoms with van der Waals surface area (Å²) in [5, 5.41) is 11.3. The van der Waals surface area contributed by atoms with Crippen molar-refractivity contribution in [3.8, 4) is 5.75 Å². The van der Waals surface area contributed by atoms with Crippen LogP contribution in [0, 0.1) is 0 Å². The quantitative estimate of drug-likeness (QED) is 0.940. The zero-order valence-electron chi connectivity index (χ0n) is 11.6. The van der Waals surface area contributed by atoms with E-state index in [1.807, 2.05) is 6.07 Å². The number of carbonyl (C=O) groups is 1. The molecular formula is C17H15NO3.